The standard InChI is InChI=1S/C15H18F3NO2S.CH5N.2CH2O/c1-2-21-9-10(8-14(5-6-14)15(16,17)18)13(20)12(19)11-4-3-7-22-11;3*1-2/h3-4,7,19-20H,2,5-6,8-9H2,1H3;2H2,1H3;2*1H2/b13-10-,19-12?;;;. The highest BCUT2D eigenvalue weighted by molar-refractivity contribution is 7.12. The van der Waals surface area contributed by atoms with Crippen LogP contribution in [0.1, 0.15) is 31.1 Å². The Bertz CT molecular complexity index is 598. The van der Waals surface area contributed by atoms with Gasteiger partial charge >= 0.3 is 6.18 Å². The maximum Gasteiger partial charge on any atom is 0.394 e. The van der Waals surface area contributed by atoms with E-state index in [1.165, 1.54) is 18.4 Å². The molecule has 1 aromatic heterocycles. The average molecular weight is 424 g/mol. The molecule has 0 bridgehead atoms. The summed E-state index contributed by atoms with van der Waals surface area (Å²) in [5, 5.41) is 20.0. The van der Waals surface area contributed by atoms with Gasteiger partial charge in [-0.3, -0.25) is 5.41 Å². The molecule has 1 saturated carbocycles. The molecule has 1 fully saturated rings. The van der Waals surface area contributed by atoms with Crippen LogP contribution in [0.2, 0.25) is 0 Å². The van der Waals surface area contributed by atoms with Gasteiger partial charge < -0.3 is 25.2 Å². The van der Waals surface area contributed by atoms with Crippen molar-refractivity contribution in [3.63, 3.8) is 0 Å². The summed E-state index contributed by atoms with van der Waals surface area (Å²) >= 11 is 1.26. The molecule has 1 heterocycles. The van der Waals surface area contributed by atoms with Crippen LogP contribution in [0, 0.1) is 10.8 Å². The van der Waals surface area contributed by atoms with Crippen LogP contribution in [0.25, 0.3) is 0 Å². The predicted molar refractivity (Wildman–Crippen MR) is 104 cm³/mol. The SMILES string of the molecule is C=O.C=O.CCOC/C(CC1(C(F)(F)F)CC1)=C(\O)C(=N)c1cccs1.CN. The van der Waals surface area contributed by atoms with Crippen molar-refractivity contribution in [2.45, 2.75) is 32.4 Å². The first kappa shape index (κ1) is 28.2. The Hall–Kier alpha value is -2.04. The fraction of sp³-hybridized carbons (Fsp3) is 0.500. The molecule has 0 amide bonds. The summed E-state index contributed by atoms with van der Waals surface area (Å²) in [6.45, 7) is 5.98. The van der Waals surface area contributed by atoms with Gasteiger partial charge in [-0.25, -0.2) is 0 Å². The van der Waals surface area contributed by atoms with Gasteiger partial charge in [0.1, 0.15) is 25.0 Å². The van der Waals surface area contributed by atoms with Gasteiger partial charge in [-0.2, -0.15) is 13.2 Å². The summed E-state index contributed by atoms with van der Waals surface area (Å²) in [6, 6.07) is 3.38. The highest BCUT2D eigenvalue weighted by Crippen LogP contribution is 2.61. The van der Waals surface area contributed by atoms with Crippen molar-refractivity contribution >= 4 is 30.6 Å². The second kappa shape index (κ2) is 14.0. The molecule has 1 aromatic rings. The van der Waals surface area contributed by atoms with Crippen molar-refractivity contribution in [3.8, 4) is 0 Å². The first-order valence-electron chi connectivity index (χ1n) is 8.14. The highest BCUT2D eigenvalue weighted by atomic mass is 32.1. The summed E-state index contributed by atoms with van der Waals surface area (Å²) in [5.74, 6) is -0.397. The number of halogens is 3. The molecular weight excluding hydrogens is 397 g/mol. The van der Waals surface area contributed by atoms with Gasteiger partial charge in [-0.05, 0) is 44.7 Å². The van der Waals surface area contributed by atoms with E-state index in [9.17, 15) is 18.3 Å². The van der Waals surface area contributed by atoms with Crippen LogP contribution in [0.15, 0.2) is 28.8 Å². The lowest BCUT2D eigenvalue weighted by Crippen LogP contribution is -2.26. The topological polar surface area (TPSA) is 113 Å². The van der Waals surface area contributed by atoms with Crippen LogP contribution in [0.5, 0.6) is 0 Å². The first-order valence-corrected chi connectivity index (χ1v) is 9.02. The number of aliphatic hydroxyl groups is 1. The normalized spacial score (nSPS) is 14.6. The van der Waals surface area contributed by atoms with Gasteiger partial charge in [0.25, 0.3) is 0 Å². The second-order valence-electron chi connectivity index (χ2n) is 5.40. The number of allylic oxidation sites excluding steroid dienone is 1. The van der Waals surface area contributed by atoms with Crippen molar-refractivity contribution in [2.24, 2.45) is 11.1 Å². The Balaban J connectivity index is 0. The molecule has 0 aromatic carbocycles. The van der Waals surface area contributed by atoms with Gasteiger partial charge in [-0.15, -0.1) is 11.3 Å². The lowest BCUT2D eigenvalue weighted by molar-refractivity contribution is -0.187. The van der Waals surface area contributed by atoms with Crippen molar-refractivity contribution < 1.29 is 32.6 Å². The van der Waals surface area contributed by atoms with E-state index in [4.69, 9.17) is 19.7 Å². The minimum absolute atomic E-state index is 0.0613. The van der Waals surface area contributed by atoms with E-state index in [1.807, 2.05) is 13.6 Å². The molecule has 160 valence electrons. The number of hydrogen-bond donors (Lipinski definition) is 3. The number of nitrogens with one attached hydrogen (secondary N) is 1. The Morgan fingerprint density at radius 3 is 2.21 bits per heavy atom. The number of alkyl halides is 3. The van der Waals surface area contributed by atoms with Crippen molar-refractivity contribution in [1.82, 2.24) is 0 Å². The minimum Gasteiger partial charge on any atom is -0.506 e. The number of carbonyl (C=O) groups is 2. The Labute approximate surface area is 166 Å². The third kappa shape index (κ3) is 7.91. The Morgan fingerprint density at radius 1 is 1.32 bits per heavy atom. The van der Waals surface area contributed by atoms with Gasteiger partial charge in [0.05, 0.1) is 16.9 Å². The molecule has 2 rings (SSSR count). The molecule has 0 aliphatic heterocycles. The number of nitrogens with two attached hydrogens (primary N) is 1. The quantitative estimate of drug-likeness (QED) is 0.454. The highest BCUT2D eigenvalue weighted by Gasteiger charge is 2.63. The Morgan fingerprint density at radius 2 is 1.86 bits per heavy atom. The van der Waals surface area contributed by atoms with Gasteiger partial charge in [0.2, 0.25) is 0 Å². The molecule has 4 N–H and O–H groups in total. The van der Waals surface area contributed by atoms with Gasteiger partial charge in [0.15, 0.2) is 0 Å². The van der Waals surface area contributed by atoms with E-state index in [2.05, 4.69) is 5.73 Å². The number of rotatable bonds is 7. The van der Waals surface area contributed by atoms with Gasteiger partial charge in [0, 0.05) is 12.2 Å². The number of hydrogen-bond acceptors (Lipinski definition) is 7. The van der Waals surface area contributed by atoms with E-state index >= 15 is 0 Å². The lowest BCUT2D eigenvalue weighted by Gasteiger charge is -2.21. The third-order valence-corrected chi connectivity index (χ3v) is 4.71. The predicted octanol–water partition coefficient (Wildman–Crippen LogP) is 3.90. The van der Waals surface area contributed by atoms with E-state index in [0.717, 1.165) is 0 Å². The second-order valence-corrected chi connectivity index (χ2v) is 6.34. The van der Waals surface area contributed by atoms with E-state index in [1.54, 1.807) is 24.4 Å². The number of thiophene rings is 1. The molecule has 0 spiro atoms. The van der Waals surface area contributed by atoms with Crippen molar-refractivity contribution in [1.29, 1.82) is 5.41 Å². The zero-order chi connectivity index (χ0) is 22.4. The maximum atomic E-state index is 13.1. The molecule has 0 radical (unpaired) electrons. The fourth-order valence-electron chi connectivity index (χ4n) is 2.26. The van der Waals surface area contributed by atoms with Crippen LogP contribution in [-0.4, -0.2) is 50.8 Å². The zero-order valence-electron chi connectivity index (χ0n) is 16.0. The molecule has 10 heteroatoms. The fourth-order valence-corrected chi connectivity index (χ4v) is 2.94. The average Bonchev–Trinajstić information content (AvgIpc) is 3.32. The van der Waals surface area contributed by atoms with E-state index in [0.29, 0.717) is 11.5 Å². The summed E-state index contributed by atoms with van der Waals surface area (Å²) < 4.78 is 44.6. The summed E-state index contributed by atoms with van der Waals surface area (Å²) in [7, 11) is 1.50. The van der Waals surface area contributed by atoms with E-state index in [-0.39, 0.29) is 37.2 Å². The van der Waals surface area contributed by atoms with Crippen LogP contribution >= 0.6 is 11.3 Å². The monoisotopic (exact) mass is 424 g/mol. The Kier molecular flexibility index (Phi) is 14.1. The maximum absolute atomic E-state index is 13.1. The summed E-state index contributed by atoms with van der Waals surface area (Å²) in [4.78, 5) is 16.5. The minimum atomic E-state index is -4.30. The van der Waals surface area contributed by atoms with Gasteiger partial charge in [-0.1, -0.05) is 6.07 Å². The number of aliphatic hydroxyl groups excluding tert-OH is 1. The molecule has 6 nitrogen and oxygen atoms in total. The smallest absolute Gasteiger partial charge is 0.394 e. The van der Waals surface area contributed by atoms with Crippen LogP contribution < -0.4 is 5.73 Å². The zero-order valence-corrected chi connectivity index (χ0v) is 16.8. The molecule has 0 atom stereocenters. The van der Waals surface area contributed by atoms with Crippen LogP contribution in [-0.2, 0) is 14.3 Å². The molecular formula is C18H27F3N2O4S. The van der Waals surface area contributed by atoms with Crippen LogP contribution in [0.3, 0.4) is 0 Å². The molecule has 0 unspecified atom stereocenters. The lowest BCUT2D eigenvalue weighted by atomic mass is 9.94. The summed E-state index contributed by atoms with van der Waals surface area (Å²) in [5.41, 5.74) is 2.74. The molecule has 1 aliphatic carbocycles. The first-order chi connectivity index (χ1) is 13.3. The third-order valence-electron chi connectivity index (χ3n) is 3.83. The largest absolute Gasteiger partial charge is 0.506 e. The van der Waals surface area contributed by atoms with E-state index < -0.39 is 17.4 Å². The van der Waals surface area contributed by atoms with Crippen LogP contribution in [0.4, 0.5) is 13.2 Å². The number of carbonyl (C=O) groups excluding carboxylic acids is 2. The summed E-state index contributed by atoms with van der Waals surface area (Å²) in [6.07, 6.45) is -4.48. The molecule has 0 saturated heterocycles. The van der Waals surface area contributed by atoms with Crippen molar-refractivity contribution in [3.05, 3.63) is 33.7 Å². The molecule has 28 heavy (non-hydrogen) atoms. The molecule has 1 aliphatic rings. The van der Waals surface area contributed by atoms with Crippen molar-refractivity contribution in [2.75, 3.05) is 20.3 Å². The number of ether oxygens (including phenoxy) is 1.